The third-order valence-electron chi connectivity index (χ3n) is 4.43. The lowest BCUT2D eigenvalue weighted by Gasteiger charge is -2.15. The maximum atomic E-state index is 12.6. The van der Waals surface area contributed by atoms with E-state index >= 15 is 0 Å². The molecule has 0 saturated carbocycles. The van der Waals surface area contributed by atoms with E-state index < -0.39 is 11.7 Å². The molecule has 2 aromatic carbocycles. The summed E-state index contributed by atoms with van der Waals surface area (Å²) in [7, 11) is 4.96. The minimum Gasteiger partial charge on any atom is -0.493 e. The van der Waals surface area contributed by atoms with Crippen LogP contribution in [0.5, 0.6) is 11.5 Å². The number of carbonyl (C=O) groups excluding carboxylic acids is 1. The van der Waals surface area contributed by atoms with Crippen LogP contribution in [0, 0.1) is 0 Å². The number of carbonyl (C=O) groups is 1. The summed E-state index contributed by atoms with van der Waals surface area (Å²) in [6.45, 7) is 1.16. The summed E-state index contributed by atoms with van der Waals surface area (Å²) in [4.78, 5) is 13.0. The summed E-state index contributed by atoms with van der Waals surface area (Å²) < 4.78 is 48.3. The predicted octanol–water partition coefficient (Wildman–Crippen LogP) is 2.10. The Kier molecular flexibility index (Phi) is 7.90. The first-order valence-corrected chi connectivity index (χ1v) is 9.18. The maximum Gasteiger partial charge on any atom is 0.416 e. The highest BCUT2D eigenvalue weighted by atomic mass is 19.4. The van der Waals surface area contributed by atoms with Gasteiger partial charge in [0.25, 0.3) is 5.91 Å². The van der Waals surface area contributed by atoms with Crippen LogP contribution >= 0.6 is 0 Å². The second kappa shape index (κ2) is 10.2. The molecule has 2 aromatic rings. The van der Waals surface area contributed by atoms with Crippen molar-refractivity contribution in [2.75, 3.05) is 34.4 Å². The number of hydrogen-bond donors (Lipinski definition) is 2. The molecule has 2 N–H and O–H groups in total. The number of rotatable bonds is 9. The Bertz CT molecular complexity index is 808. The highest BCUT2D eigenvalue weighted by molar-refractivity contribution is 5.76. The van der Waals surface area contributed by atoms with E-state index in [1.165, 1.54) is 12.1 Å². The van der Waals surface area contributed by atoms with Crippen molar-refractivity contribution >= 4 is 5.91 Å². The first-order valence-electron chi connectivity index (χ1n) is 9.18. The summed E-state index contributed by atoms with van der Waals surface area (Å²) in [5.74, 6) is 1.17. The fourth-order valence-electron chi connectivity index (χ4n) is 2.94. The summed E-state index contributed by atoms with van der Waals surface area (Å²) in [5.41, 5.74) is 1.08. The molecule has 1 unspecified atom stereocenters. The third kappa shape index (κ3) is 6.98. The van der Waals surface area contributed by atoms with Crippen molar-refractivity contribution in [2.45, 2.75) is 19.1 Å². The van der Waals surface area contributed by atoms with Gasteiger partial charge in [0.15, 0.2) is 18.0 Å². The van der Waals surface area contributed by atoms with Crippen molar-refractivity contribution in [3.63, 3.8) is 0 Å². The van der Waals surface area contributed by atoms with Crippen LogP contribution in [-0.4, -0.2) is 40.3 Å². The molecular formula is C21H26F3N2O3+. The van der Waals surface area contributed by atoms with Crippen molar-refractivity contribution in [3.8, 4) is 11.5 Å². The molecule has 29 heavy (non-hydrogen) atoms. The second-order valence-corrected chi connectivity index (χ2v) is 6.79. The molecule has 0 aliphatic carbocycles. The minimum absolute atomic E-state index is 0.116. The number of nitrogens with one attached hydrogen (secondary N) is 2. The van der Waals surface area contributed by atoms with Gasteiger partial charge in [-0.1, -0.05) is 18.2 Å². The van der Waals surface area contributed by atoms with Gasteiger partial charge in [-0.15, -0.1) is 0 Å². The Morgan fingerprint density at radius 2 is 1.62 bits per heavy atom. The van der Waals surface area contributed by atoms with E-state index in [0.29, 0.717) is 31.0 Å². The van der Waals surface area contributed by atoms with Crippen molar-refractivity contribution in [3.05, 3.63) is 59.2 Å². The lowest BCUT2D eigenvalue weighted by molar-refractivity contribution is -0.885. The Morgan fingerprint density at radius 3 is 2.21 bits per heavy atom. The fraction of sp³-hybridized carbons (Fsp3) is 0.381. The van der Waals surface area contributed by atoms with E-state index in [4.69, 9.17) is 9.47 Å². The molecular weight excluding hydrogens is 385 g/mol. The number of likely N-dealkylation sites (N-methyl/N-ethyl adjacent to an activating group) is 1. The largest absolute Gasteiger partial charge is 0.493 e. The first-order chi connectivity index (χ1) is 13.7. The van der Waals surface area contributed by atoms with Gasteiger partial charge in [-0.2, -0.15) is 13.2 Å². The summed E-state index contributed by atoms with van der Waals surface area (Å²) >= 11 is 0. The average molecular weight is 411 g/mol. The van der Waals surface area contributed by atoms with Crippen LogP contribution in [0.2, 0.25) is 0 Å². The zero-order chi connectivity index (χ0) is 21.4. The molecule has 5 nitrogen and oxygen atoms in total. The predicted molar refractivity (Wildman–Crippen MR) is 103 cm³/mol. The van der Waals surface area contributed by atoms with E-state index in [1.807, 2.05) is 25.2 Å². The highest BCUT2D eigenvalue weighted by Gasteiger charge is 2.30. The molecule has 0 heterocycles. The molecule has 1 atom stereocenters. The Morgan fingerprint density at radius 1 is 1.00 bits per heavy atom. The van der Waals surface area contributed by atoms with Gasteiger partial charge in [0.05, 0.1) is 26.8 Å². The molecule has 2 rings (SSSR count). The molecule has 0 bridgehead atoms. The van der Waals surface area contributed by atoms with Crippen molar-refractivity contribution < 1.29 is 32.3 Å². The number of quaternary nitrogens is 1. The molecule has 0 saturated heterocycles. The molecule has 0 aliphatic heterocycles. The van der Waals surface area contributed by atoms with Crippen molar-refractivity contribution in [1.29, 1.82) is 0 Å². The van der Waals surface area contributed by atoms with Gasteiger partial charge in [0.2, 0.25) is 0 Å². The topological polar surface area (TPSA) is 52.0 Å². The summed E-state index contributed by atoms with van der Waals surface area (Å²) in [5, 5.41) is 2.86. The van der Waals surface area contributed by atoms with Gasteiger partial charge >= 0.3 is 6.18 Å². The van der Waals surface area contributed by atoms with Crippen molar-refractivity contribution in [2.24, 2.45) is 0 Å². The van der Waals surface area contributed by atoms with Crippen LogP contribution in [0.1, 0.15) is 16.7 Å². The normalized spacial score (nSPS) is 12.3. The molecule has 0 aromatic heterocycles. The van der Waals surface area contributed by atoms with Crippen LogP contribution in [0.4, 0.5) is 13.2 Å². The SMILES string of the molecule is COc1ccc(CCNC(=O)C[NH+](C)Cc2ccc(C(F)(F)F)cc2)cc1OC. The van der Waals surface area contributed by atoms with Gasteiger partial charge in [-0.25, -0.2) is 0 Å². The zero-order valence-corrected chi connectivity index (χ0v) is 16.7. The molecule has 0 aliphatic rings. The van der Waals surface area contributed by atoms with Crippen LogP contribution in [0.25, 0.3) is 0 Å². The summed E-state index contributed by atoms with van der Waals surface area (Å²) in [6, 6.07) is 10.6. The fourth-order valence-corrected chi connectivity index (χ4v) is 2.94. The number of halogens is 3. The lowest BCUT2D eigenvalue weighted by Crippen LogP contribution is -3.08. The molecule has 0 radical (unpaired) electrons. The third-order valence-corrected chi connectivity index (χ3v) is 4.43. The first kappa shape index (κ1) is 22.5. The zero-order valence-electron chi connectivity index (χ0n) is 16.7. The van der Waals surface area contributed by atoms with E-state index in [0.717, 1.165) is 28.2 Å². The number of ether oxygens (including phenoxy) is 2. The van der Waals surface area contributed by atoms with E-state index in [-0.39, 0.29) is 12.5 Å². The second-order valence-electron chi connectivity index (χ2n) is 6.79. The molecule has 0 fully saturated rings. The summed E-state index contributed by atoms with van der Waals surface area (Å²) in [6.07, 6.45) is -3.70. The van der Waals surface area contributed by atoms with Gasteiger partial charge < -0.3 is 19.7 Å². The van der Waals surface area contributed by atoms with E-state index in [1.54, 1.807) is 14.2 Å². The number of benzene rings is 2. The van der Waals surface area contributed by atoms with Gasteiger partial charge in [0, 0.05) is 12.1 Å². The van der Waals surface area contributed by atoms with E-state index in [9.17, 15) is 18.0 Å². The van der Waals surface area contributed by atoms with Crippen molar-refractivity contribution in [1.82, 2.24) is 5.32 Å². The Balaban J connectivity index is 1.77. The van der Waals surface area contributed by atoms with Crippen LogP contribution in [0.15, 0.2) is 42.5 Å². The van der Waals surface area contributed by atoms with Crippen LogP contribution < -0.4 is 19.7 Å². The molecule has 0 spiro atoms. The van der Waals surface area contributed by atoms with Gasteiger partial charge in [-0.3, -0.25) is 4.79 Å². The number of hydrogen-bond acceptors (Lipinski definition) is 3. The van der Waals surface area contributed by atoms with Crippen LogP contribution in [-0.2, 0) is 23.9 Å². The number of amides is 1. The van der Waals surface area contributed by atoms with Gasteiger partial charge in [-0.05, 0) is 36.2 Å². The molecule has 158 valence electrons. The van der Waals surface area contributed by atoms with Crippen LogP contribution in [0.3, 0.4) is 0 Å². The molecule has 1 amide bonds. The standard InChI is InChI=1S/C21H25F3N2O3/c1-26(13-16-4-7-17(8-5-16)21(22,23)24)14-20(27)25-11-10-15-6-9-18(28-2)19(12-15)29-3/h4-9,12H,10-11,13-14H2,1-3H3,(H,25,27)/p+1. The van der Waals surface area contributed by atoms with E-state index in [2.05, 4.69) is 5.32 Å². The quantitative estimate of drug-likeness (QED) is 0.665. The number of methoxy groups -OCH3 is 2. The molecule has 8 heteroatoms. The highest BCUT2D eigenvalue weighted by Crippen LogP contribution is 2.29. The average Bonchev–Trinajstić information content (AvgIpc) is 2.67. The number of alkyl halides is 3. The monoisotopic (exact) mass is 411 g/mol. The smallest absolute Gasteiger partial charge is 0.416 e. The maximum absolute atomic E-state index is 12.6. The van der Waals surface area contributed by atoms with Gasteiger partial charge in [0.1, 0.15) is 6.54 Å². The minimum atomic E-state index is -4.34. The lowest BCUT2D eigenvalue weighted by atomic mass is 10.1. The Labute approximate surface area is 168 Å². The Hall–Kier alpha value is -2.74.